The van der Waals surface area contributed by atoms with Crippen LogP contribution < -0.4 is 32.3 Å². The Bertz CT molecular complexity index is 2170. The summed E-state index contributed by atoms with van der Waals surface area (Å²) in [6.45, 7) is 1.66. The van der Waals surface area contributed by atoms with E-state index < -0.39 is 109 Å². The zero-order valence-electron chi connectivity index (χ0n) is 41.4. The quantitative estimate of drug-likeness (QED) is 0.0592. The summed E-state index contributed by atoms with van der Waals surface area (Å²) in [5.74, 6) is -7.81. The van der Waals surface area contributed by atoms with E-state index in [1.54, 1.807) is 67.6 Å². The highest BCUT2D eigenvalue weighted by molar-refractivity contribution is 5.91. The maximum atomic E-state index is 14.1. The number of halogens is 6. The molecule has 0 spiro atoms. The van der Waals surface area contributed by atoms with E-state index in [4.69, 9.17) is 5.73 Å². The van der Waals surface area contributed by atoms with E-state index >= 15 is 0 Å². The summed E-state index contributed by atoms with van der Waals surface area (Å²) in [6, 6.07) is 11.3. The average molecular weight is 1040 g/mol. The van der Waals surface area contributed by atoms with Crippen LogP contribution in [0.1, 0.15) is 76.3 Å². The third-order valence-electron chi connectivity index (χ3n) is 12.8. The van der Waals surface area contributed by atoms with Gasteiger partial charge in [0.05, 0.1) is 12.1 Å². The molecule has 2 aliphatic rings. The van der Waals surface area contributed by atoms with Gasteiger partial charge in [0.2, 0.25) is 35.4 Å². The maximum Gasteiger partial charge on any atom is 0.471 e. The SMILES string of the molecule is CN[C@@H](C)C(=O)N[C@@H](CCC(=O)NCCNC(=O)CC[C@H](NC(=O)[C@H](C)N)C(=O)N1CCC[C@H]1CN(CCc1ccccc1)C(=O)C(F)(F)F)C(=O)N1CCC[C@H]1CN(CCc1ccccc1)C(=O)C(F)(F)F. The van der Waals surface area contributed by atoms with E-state index in [1.807, 2.05) is 0 Å². The lowest BCUT2D eigenvalue weighted by Gasteiger charge is -2.33. The summed E-state index contributed by atoms with van der Waals surface area (Å²) in [5.41, 5.74) is 7.18. The third kappa shape index (κ3) is 18.9. The van der Waals surface area contributed by atoms with Gasteiger partial charge in [0.25, 0.3) is 0 Å². The van der Waals surface area contributed by atoms with Crippen LogP contribution in [0, 0.1) is 0 Å². The molecule has 0 saturated carbocycles. The number of alkyl halides is 6. The van der Waals surface area contributed by atoms with Gasteiger partial charge in [0.15, 0.2) is 0 Å². The van der Waals surface area contributed by atoms with Crippen molar-refractivity contribution in [3.05, 3.63) is 71.8 Å². The number of carbonyl (C=O) groups is 8. The predicted octanol–water partition coefficient (Wildman–Crippen LogP) is 1.95. The van der Waals surface area contributed by atoms with Gasteiger partial charge >= 0.3 is 24.2 Å². The fourth-order valence-electron chi connectivity index (χ4n) is 8.65. The number of carbonyl (C=O) groups excluding carboxylic acids is 8. The smallest absolute Gasteiger partial charge is 0.354 e. The normalized spacial score (nSPS) is 17.5. The minimum atomic E-state index is -5.16. The predicted molar refractivity (Wildman–Crippen MR) is 256 cm³/mol. The molecule has 0 bridgehead atoms. The molecule has 4 rings (SSSR count). The molecular weight excluding hydrogens is 971 g/mol. The van der Waals surface area contributed by atoms with E-state index in [9.17, 15) is 64.7 Å². The molecule has 6 atom stereocenters. The van der Waals surface area contributed by atoms with Crippen LogP contribution in [0.4, 0.5) is 26.3 Å². The van der Waals surface area contributed by atoms with Crippen LogP contribution in [0.2, 0.25) is 0 Å². The molecule has 0 unspecified atom stereocenters. The Morgan fingerprint density at radius 2 is 1.01 bits per heavy atom. The number of likely N-dealkylation sites (tertiary alicyclic amines) is 2. The summed E-state index contributed by atoms with van der Waals surface area (Å²) < 4.78 is 82.4. The molecule has 0 aromatic heterocycles. The van der Waals surface area contributed by atoms with Crippen LogP contribution in [-0.2, 0) is 51.2 Å². The van der Waals surface area contributed by atoms with Gasteiger partial charge in [0, 0.05) is 77.3 Å². The summed E-state index contributed by atoms with van der Waals surface area (Å²) in [5, 5.41) is 13.1. The topological polar surface area (TPSA) is 236 Å². The fraction of sp³-hybridized carbons (Fsp3) is 0.592. The molecule has 2 aromatic rings. The first kappa shape index (κ1) is 59.3. The zero-order chi connectivity index (χ0) is 53.9. The van der Waals surface area contributed by atoms with Gasteiger partial charge in [-0.05, 0) is 83.4 Å². The number of nitrogens with zero attached hydrogens (tertiary/aromatic N) is 4. The Labute approximate surface area is 420 Å². The molecule has 73 heavy (non-hydrogen) atoms. The lowest BCUT2D eigenvalue weighted by Crippen LogP contribution is -2.55. The van der Waals surface area contributed by atoms with Crippen LogP contribution in [0.3, 0.4) is 0 Å². The Kier molecular flexibility index (Phi) is 22.9. The van der Waals surface area contributed by atoms with Gasteiger partial charge in [-0.3, -0.25) is 38.4 Å². The summed E-state index contributed by atoms with van der Waals surface area (Å²) in [4.78, 5) is 109. The average Bonchev–Trinajstić information content (AvgIpc) is 4.04. The lowest BCUT2D eigenvalue weighted by molar-refractivity contribution is -0.186. The van der Waals surface area contributed by atoms with Crippen LogP contribution in [0.25, 0.3) is 0 Å². The highest BCUT2D eigenvalue weighted by Gasteiger charge is 2.46. The molecule has 404 valence electrons. The van der Waals surface area contributed by atoms with Crippen molar-refractivity contribution in [1.29, 1.82) is 0 Å². The molecule has 8 amide bonds. The molecule has 18 nitrogen and oxygen atoms in total. The molecule has 2 aliphatic heterocycles. The van der Waals surface area contributed by atoms with Crippen molar-refractivity contribution in [2.24, 2.45) is 5.73 Å². The second-order valence-electron chi connectivity index (χ2n) is 18.3. The van der Waals surface area contributed by atoms with E-state index in [-0.39, 0.29) is 84.2 Å². The molecular formula is C49H68F6N10O8. The monoisotopic (exact) mass is 1040 g/mol. The second kappa shape index (κ2) is 28.2. The van der Waals surface area contributed by atoms with E-state index in [2.05, 4.69) is 26.6 Å². The number of rotatable bonds is 26. The van der Waals surface area contributed by atoms with Gasteiger partial charge in [-0.1, -0.05) is 60.7 Å². The Morgan fingerprint density at radius 3 is 1.37 bits per heavy atom. The first-order valence-corrected chi connectivity index (χ1v) is 24.5. The Morgan fingerprint density at radius 1 is 0.630 bits per heavy atom. The van der Waals surface area contributed by atoms with Crippen molar-refractivity contribution in [3.63, 3.8) is 0 Å². The maximum absolute atomic E-state index is 14.1. The van der Waals surface area contributed by atoms with Gasteiger partial charge in [-0.25, -0.2) is 0 Å². The summed E-state index contributed by atoms with van der Waals surface area (Å²) >= 11 is 0. The molecule has 0 radical (unpaired) electrons. The second-order valence-corrected chi connectivity index (χ2v) is 18.3. The van der Waals surface area contributed by atoms with Crippen LogP contribution in [0.5, 0.6) is 0 Å². The van der Waals surface area contributed by atoms with Gasteiger partial charge in [0.1, 0.15) is 12.1 Å². The van der Waals surface area contributed by atoms with Crippen molar-refractivity contribution < 1.29 is 64.7 Å². The van der Waals surface area contributed by atoms with Crippen molar-refractivity contribution in [2.45, 2.75) is 127 Å². The first-order chi connectivity index (χ1) is 34.5. The van der Waals surface area contributed by atoms with E-state index in [0.29, 0.717) is 40.2 Å². The van der Waals surface area contributed by atoms with Crippen molar-refractivity contribution >= 4 is 47.3 Å². The van der Waals surface area contributed by atoms with E-state index in [0.717, 1.165) is 0 Å². The number of likely N-dealkylation sites (N-methyl/N-ethyl adjacent to an activating group) is 1. The van der Waals surface area contributed by atoms with Crippen LogP contribution in [-0.4, -0.2) is 175 Å². The van der Waals surface area contributed by atoms with Crippen LogP contribution in [0.15, 0.2) is 60.7 Å². The first-order valence-electron chi connectivity index (χ1n) is 24.5. The molecule has 2 saturated heterocycles. The number of hydrogen-bond acceptors (Lipinski definition) is 10. The highest BCUT2D eigenvalue weighted by atomic mass is 19.4. The molecule has 2 heterocycles. The largest absolute Gasteiger partial charge is 0.471 e. The van der Waals surface area contributed by atoms with Gasteiger partial charge in [-0.15, -0.1) is 0 Å². The number of hydrogen-bond donors (Lipinski definition) is 6. The third-order valence-corrected chi connectivity index (χ3v) is 12.8. The standard InChI is InChI=1S/C49H68F6N10O8/c1-32(56)42(68)60-38(44(70)64-26-10-16-36(64)30-62(46(72)48(50,51)52)28-22-34-12-6-4-7-13-34)18-20-40(66)58-24-25-59-41(67)21-19-39(61-43(69)33(2)57-3)45(71)65-27-11-17-37(65)31-63(47(73)49(53,54)55)29-23-35-14-8-5-9-15-35/h4-9,12-15,32-33,36-39,57H,10-11,16-31,56H2,1-3H3,(H,58,66)(H,59,67)(H,60,68)(H,61,69)/t32-,33-,36-,37-,38-,39-/m0/s1. The zero-order valence-corrected chi connectivity index (χ0v) is 41.4. The lowest BCUT2D eigenvalue weighted by atomic mass is 10.1. The number of nitrogens with one attached hydrogen (secondary N) is 5. The van der Waals surface area contributed by atoms with Crippen LogP contribution >= 0.6 is 0 Å². The fourth-order valence-corrected chi connectivity index (χ4v) is 8.65. The minimum absolute atomic E-state index is 0.0940. The Balaban J connectivity index is 1.32. The molecule has 2 fully saturated rings. The number of amides is 8. The summed E-state index contributed by atoms with van der Waals surface area (Å²) in [6.07, 6.45) is -9.66. The van der Waals surface area contributed by atoms with E-state index in [1.165, 1.54) is 23.8 Å². The minimum Gasteiger partial charge on any atom is -0.354 e. The Hall–Kier alpha value is -6.30. The summed E-state index contributed by atoms with van der Waals surface area (Å²) in [7, 11) is 1.52. The number of nitrogens with two attached hydrogens (primary N) is 1. The molecule has 2 aromatic carbocycles. The molecule has 24 heteroatoms. The molecule has 7 N–H and O–H groups in total. The van der Waals surface area contributed by atoms with Gasteiger partial charge < -0.3 is 51.9 Å². The number of benzene rings is 2. The van der Waals surface area contributed by atoms with Crippen molar-refractivity contribution in [2.75, 3.05) is 59.4 Å². The van der Waals surface area contributed by atoms with Crippen molar-refractivity contribution in [1.82, 2.24) is 46.2 Å². The van der Waals surface area contributed by atoms with Gasteiger partial charge in [-0.2, -0.15) is 26.3 Å². The van der Waals surface area contributed by atoms with Crippen molar-refractivity contribution in [3.8, 4) is 0 Å². The highest BCUT2D eigenvalue weighted by Crippen LogP contribution is 2.26. The molecule has 0 aliphatic carbocycles.